The molecule has 0 aromatic rings. The first-order valence-corrected chi connectivity index (χ1v) is 18.8. The largest absolute Gasteiger partial charge is 0.391 e. The third kappa shape index (κ3) is 28.9. The highest BCUT2D eigenvalue weighted by atomic mass is 32.2. The fourth-order valence-electron chi connectivity index (χ4n) is 5.45. The Morgan fingerprint density at radius 2 is 0.900 bits per heavy atom. The lowest BCUT2D eigenvalue weighted by Crippen LogP contribution is -2.47. The molecule has 0 aliphatic heterocycles. The summed E-state index contributed by atoms with van der Waals surface area (Å²) in [6.07, 6.45) is 30.4. The van der Waals surface area contributed by atoms with Crippen molar-refractivity contribution in [3.63, 3.8) is 0 Å². The van der Waals surface area contributed by atoms with Crippen molar-refractivity contribution < 1.29 is 22.9 Å². The minimum absolute atomic E-state index is 0.245. The van der Waals surface area contributed by atoms with Crippen LogP contribution in [0, 0.1) is 0 Å². The van der Waals surface area contributed by atoms with Crippen molar-refractivity contribution in [3.05, 3.63) is 0 Å². The standard InChI is InChI=1S/C33H67NO5S/c1-3-5-7-9-11-13-15-17-18-20-22-24-26-28-32(35)31(30-40(37,38)39)34-33(36)29-27-25-23-21-19-16-14-12-10-8-6-4-2/h31-32,35H,3-30H2,1-2H3,(H,34,36)(H,37,38,39). The summed E-state index contributed by atoms with van der Waals surface area (Å²) in [4.78, 5) is 12.4. The van der Waals surface area contributed by atoms with Crippen molar-refractivity contribution >= 4 is 16.0 Å². The van der Waals surface area contributed by atoms with Gasteiger partial charge in [-0.1, -0.05) is 168 Å². The Hall–Kier alpha value is -0.660. The summed E-state index contributed by atoms with van der Waals surface area (Å²) in [5.41, 5.74) is 0. The average Bonchev–Trinajstić information content (AvgIpc) is 2.90. The summed E-state index contributed by atoms with van der Waals surface area (Å²) in [5, 5.41) is 13.3. The highest BCUT2D eigenvalue weighted by Crippen LogP contribution is 2.15. The van der Waals surface area contributed by atoms with Gasteiger partial charge in [0.1, 0.15) is 0 Å². The predicted octanol–water partition coefficient (Wildman–Crippen LogP) is 9.29. The van der Waals surface area contributed by atoms with E-state index in [1.165, 1.54) is 122 Å². The van der Waals surface area contributed by atoms with Crippen LogP contribution in [0.3, 0.4) is 0 Å². The van der Waals surface area contributed by atoms with Crippen LogP contribution in [0.15, 0.2) is 0 Å². The molecule has 6 nitrogen and oxygen atoms in total. The number of hydrogen-bond acceptors (Lipinski definition) is 4. The van der Waals surface area contributed by atoms with Crippen LogP contribution >= 0.6 is 0 Å². The number of unbranched alkanes of at least 4 members (excludes halogenated alkanes) is 23. The van der Waals surface area contributed by atoms with Crippen LogP contribution in [0.4, 0.5) is 0 Å². The molecule has 0 spiro atoms. The molecule has 40 heavy (non-hydrogen) atoms. The lowest BCUT2D eigenvalue weighted by molar-refractivity contribution is -0.122. The molecule has 2 unspecified atom stereocenters. The molecule has 0 radical (unpaired) electrons. The van der Waals surface area contributed by atoms with Crippen molar-refractivity contribution in [1.29, 1.82) is 0 Å². The number of aliphatic hydroxyl groups is 1. The lowest BCUT2D eigenvalue weighted by atomic mass is 10.0. The smallest absolute Gasteiger partial charge is 0.266 e. The van der Waals surface area contributed by atoms with Crippen molar-refractivity contribution in [2.75, 3.05) is 5.75 Å². The third-order valence-corrected chi connectivity index (χ3v) is 8.84. The van der Waals surface area contributed by atoms with E-state index in [2.05, 4.69) is 19.2 Å². The molecule has 2 atom stereocenters. The second-order valence-electron chi connectivity index (χ2n) is 12.2. The van der Waals surface area contributed by atoms with Crippen molar-refractivity contribution in [2.45, 2.75) is 199 Å². The van der Waals surface area contributed by atoms with Crippen LogP contribution in [0.1, 0.15) is 187 Å². The van der Waals surface area contributed by atoms with Gasteiger partial charge in [0.2, 0.25) is 5.91 Å². The number of amides is 1. The van der Waals surface area contributed by atoms with E-state index in [1.807, 2.05) is 0 Å². The second kappa shape index (κ2) is 28.5. The molecule has 240 valence electrons. The Bertz CT molecular complexity index is 655. The molecule has 3 N–H and O–H groups in total. The minimum Gasteiger partial charge on any atom is -0.391 e. The summed E-state index contributed by atoms with van der Waals surface area (Å²) in [5.74, 6) is -0.887. The quantitative estimate of drug-likeness (QED) is 0.0552. The Labute approximate surface area is 249 Å². The van der Waals surface area contributed by atoms with Gasteiger partial charge < -0.3 is 10.4 Å². The highest BCUT2D eigenvalue weighted by Gasteiger charge is 2.26. The Morgan fingerprint density at radius 1 is 0.575 bits per heavy atom. The van der Waals surface area contributed by atoms with E-state index in [-0.39, 0.29) is 5.91 Å². The first-order chi connectivity index (χ1) is 19.3. The normalized spacial score (nSPS) is 13.4. The lowest BCUT2D eigenvalue weighted by Gasteiger charge is -2.23. The van der Waals surface area contributed by atoms with Gasteiger partial charge >= 0.3 is 0 Å². The molecular formula is C33H67NO5S. The van der Waals surface area contributed by atoms with Gasteiger partial charge in [-0.2, -0.15) is 8.42 Å². The van der Waals surface area contributed by atoms with Crippen LogP contribution in [-0.4, -0.2) is 41.9 Å². The van der Waals surface area contributed by atoms with E-state index in [0.29, 0.717) is 12.8 Å². The molecule has 0 aliphatic carbocycles. The maximum atomic E-state index is 12.4. The number of nitrogens with one attached hydrogen (secondary N) is 1. The minimum atomic E-state index is -4.29. The molecule has 1 amide bonds. The maximum Gasteiger partial charge on any atom is 0.266 e. The van der Waals surface area contributed by atoms with Gasteiger partial charge in [0, 0.05) is 6.42 Å². The molecular weight excluding hydrogens is 522 g/mol. The van der Waals surface area contributed by atoms with Crippen LogP contribution < -0.4 is 5.32 Å². The van der Waals surface area contributed by atoms with Gasteiger partial charge in [0.05, 0.1) is 17.9 Å². The summed E-state index contributed by atoms with van der Waals surface area (Å²) < 4.78 is 32.3. The molecule has 0 saturated heterocycles. The SMILES string of the molecule is CCCCCCCCCCCCCCCC(O)C(CS(=O)(=O)O)NC(=O)CCCCCCCCCCCCCC. The van der Waals surface area contributed by atoms with E-state index in [0.717, 1.165) is 38.5 Å². The molecule has 0 bridgehead atoms. The van der Waals surface area contributed by atoms with E-state index in [9.17, 15) is 22.9 Å². The summed E-state index contributed by atoms with van der Waals surface area (Å²) in [6.45, 7) is 4.49. The molecule has 0 aromatic carbocycles. The summed E-state index contributed by atoms with van der Waals surface area (Å²) >= 11 is 0. The van der Waals surface area contributed by atoms with Crippen LogP contribution in [0.25, 0.3) is 0 Å². The molecule has 0 rings (SSSR count). The van der Waals surface area contributed by atoms with E-state index < -0.39 is 28.0 Å². The maximum absolute atomic E-state index is 12.4. The second-order valence-corrected chi connectivity index (χ2v) is 13.7. The molecule has 0 fully saturated rings. The first kappa shape index (κ1) is 39.3. The number of aliphatic hydroxyl groups excluding tert-OH is 1. The molecule has 0 heterocycles. The Morgan fingerprint density at radius 3 is 1.25 bits per heavy atom. The zero-order chi connectivity index (χ0) is 29.7. The third-order valence-electron chi connectivity index (χ3n) is 8.06. The Kier molecular flexibility index (Phi) is 28.0. The van der Waals surface area contributed by atoms with Crippen LogP contribution in [0.5, 0.6) is 0 Å². The number of carbonyl (C=O) groups excluding carboxylic acids is 1. The fraction of sp³-hybridized carbons (Fsp3) is 0.970. The van der Waals surface area contributed by atoms with Gasteiger partial charge in [0.25, 0.3) is 10.1 Å². The zero-order valence-corrected chi connectivity index (χ0v) is 27.3. The van der Waals surface area contributed by atoms with Gasteiger partial charge in [-0.25, -0.2) is 0 Å². The van der Waals surface area contributed by atoms with E-state index >= 15 is 0 Å². The number of hydrogen-bond donors (Lipinski definition) is 3. The van der Waals surface area contributed by atoms with Gasteiger partial charge in [-0.15, -0.1) is 0 Å². The topological polar surface area (TPSA) is 104 Å². The fourth-order valence-corrected chi connectivity index (χ4v) is 6.21. The van der Waals surface area contributed by atoms with Gasteiger partial charge in [-0.3, -0.25) is 9.35 Å². The number of rotatable bonds is 31. The van der Waals surface area contributed by atoms with Crippen LogP contribution in [-0.2, 0) is 14.9 Å². The molecule has 0 saturated carbocycles. The zero-order valence-electron chi connectivity index (χ0n) is 26.5. The van der Waals surface area contributed by atoms with E-state index in [1.54, 1.807) is 0 Å². The average molecular weight is 590 g/mol. The first-order valence-electron chi connectivity index (χ1n) is 17.2. The summed E-state index contributed by atoms with van der Waals surface area (Å²) in [6, 6.07) is -0.961. The van der Waals surface area contributed by atoms with Crippen molar-refractivity contribution in [2.24, 2.45) is 0 Å². The molecule has 7 heteroatoms. The predicted molar refractivity (Wildman–Crippen MR) is 170 cm³/mol. The van der Waals surface area contributed by atoms with Gasteiger partial charge in [0.15, 0.2) is 0 Å². The van der Waals surface area contributed by atoms with Crippen molar-refractivity contribution in [1.82, 2.24) is 5.32 Å². The van der Waals surface area contributed by atoms with Gasteiger partial charge in [-0.05, 0) is 12.8 Å². The monoisotopic (exact) mass is 589 g/mol. The Balaban J connectivity index is 3.93. The summed E-state index contributed by atoms with van der Waals surface area (Å²) in [7, 11) is -4.29. The molecule has 0 aromatic heterocycles. The van der Waals surface area contributed by atoms with Crippen LogP contribution in [0.2, 0.25) is 0 Å². The highest BCUT2D eigenvalue weighted by molar-refractivity contribution is 7.85. The van der Waals surface area contributed by atoms with E-state index in [4.69, 9.17) is 0 Å². The van der Waals surface area contributed by atoms with Crippen molar-refractivity contribution in [3.8, 4) is 0 Å². The molecule has 0 aliphatic rings. The number of carbonyl (C=O) groups is 1.